The molecule has 0 bridgehead atoms. The summed E-state index contributed by atoms with van der Waals surface area (Å²) >= 11 is 0. The first kappa shape index (κ1) is 13.6. The lowest BCUT2D eigenvalue weighted by Gasteiger charge is -2.02. The highest BCUT2D eigenvalue weighted by atomic mass is 19.3. The van der Waals surface area contributed by atoms with Gasteiger partial charge in [-0.3, -0.25) is 4.79 Å². The number of halogens is 3. The van der Waals surface area contributed by atoms with Gasteiger partial charge >= 0.3 is 0 Å². The Morgan fingerprint density at radius 2 is 2.16 bits per heavy atom. The average molecular weight is 271 g/mol. The van der Waals surface area contributed by atoms with Crippen LogP contribution in [0.15, 0.2) is 24.4 Å². The molecule has 0 radical (unpaired) electrons. The molecule has 0 amide bonds. The molecule has 0 atom stereocenters. The van der Waals surface area contributed by atoms with Gasteiger partial charge in [-0.1, -0.05) is 0 Å². The number of aromatic amines is 1. The zero-order valence-electron chi connectivity index (χ0n) is 9.96. The maximum Gasteiger partial charge on any atom is 0.261 e. The number of hydrogen-bond acceptors (Lipinski definition) is 2. The van der Waals surface area contributed by atoms with E-state index in [0.29, 0.717) is 16.5 Å². The van der Waals surface area contributed by atoms with Crippen molar-refractivity contribution in [1.82, 2.24) is 4.98 Å². The monoisotopic (exact) mass is 271 g/mol. The van der Waals surface area contributed by atoms with E-state index < -0.39 is 18.8 Å². The molecule has 19 heavy (non-hydrogen) atoms. The first-order valence-corrected chi connectivity index (χ1v) is 5.73. The van der Waals surface area contributed by atoms with E-state index in [-0.39, 0.29) is 18.8 Å². The number of carbonyl (C=O) groups is 1. The van der Waals surface area contributed by atoms with E-state index in [4.69, 9.17) is 0 Å². The van der Waals surface area contributed by atoms with Crippen molar-refractivity contribution in [3.05, 3.63) is 35.8 Å². The molecule has 3 nitrogen and oxygen atoms in total. The van der Waals surface area contributed by atoms with Gasteiger partial charge in [0, 0.05) is 29.1 Å². The summed E-state index contributed by atoms with van der Waals surface area (Å²) in [5.41, 5.74) is 0.994. The number of carbonyl (C=O) groups excluding carboxylic acids is 1. The van der Waals surface area contributed by atoms with Gasteiger partial charge in [0.15, 0.2) is 5.78 Å². The van der Waals surface area contributed by atoms with Crippen LogP contribution in [-0.4, -0.2) is 30.4 Å². The number of hydrogen-bond donors (Lipinski definition) is 1. The van der Waals surface area contributed by atoms with Crippen LogP contribution in [0, 0.1) is 5.82 Å². The molecule has 2 rings (SSSR count). The third-order valence-electron chi connectivity index (χ3n) is 2.66. The first-order chi connectivity index (χ1) is 9.08. The Kier molecular flexibility index (Phi) is 4.21. The normalized spacial score (nSPS) is 11.4. The molecule has 0 unspecified atom stereocenters. The Bertz CT molecular complexity index is 580. The van der Waals surface area contributed by atoms with Crippen molar-refractivity contribution in [2.75, 3.05) is 13.2 Å². The molecule has 1 N–H and O–H groups in total. The molecule has 1 heterocycles. The van der Waals surface area contributed by atoms with Crippen LogP contribution in [0.3, 0.4) is 0 Å². The standard InChI is InChI=1S/C13H12F3NO2/c14-8-1-2-11-9(5-8)10(6-17-11)12(18)3-4-19-7-13(15)16/h1-2,5-6,13,17H,3-4,7H2. The summed E-state index contributed by atoms with van der Waals surface area (Å²) in [6, 6.07) is 4.09. The van der Waals surface area contributed by atoms with Gasteiger partial charge in [-0.15, -0.1) is 0 Å². The lowest BCUT2D eigenvalue weighted by molar-refractivity contribution is 0.0170. The number of nitrogens with one attached hydrogen (secondary N) is 1. The second-order valence-corrected chi connectivity index (χ2v) is 4.03. The molecule has 0 aliphatic rings. The molecule has 0 fully saturated rings. The summed E-state index contributed by atoms with van der Waals surface area (Å²) in [6.07, 6.45) is -1.08. The van der Waals surface area contributed by atoms with Crippen LogP contribution < -0.4 is 0 Å². The predicted molar refractivity (Wildman–Crippen MR) is 64.0 cm³/mol. The zero-order chi connectivity index (χ0) is 13.8. The smallest absolute Gasteiger partial charge is 0.261 e. The third-order valence-corrected chi connectivity index (χ3v) is 2.66. The van der Waals surface area contributed by atoms with Gasteiger partial charge in [0.2, 0.25) is 0 Å². The van der Waals surface area contributed by atoms with Crippen LogP contribution in [0.2, 0.25) is 0 Å². The van der Waals surface area contributed by atoms with Crippen molar-refractivity contribution < 1.29 is 22.7 Å². The van der Waals surface area contributed by atoms with Crippen molar-refractivity contribution in [2.45, 2.75) is 12.8 Å². The Morgan fingerprint density at radius 1 is 1.37 bits per heavy atom. The summed E-state index contributed by atoms with van der Waals surface area (Å²) in [5.74, 6) is -0.707. The van der Waals surface area contributed by atoms with Gasteiger partial charge in [-0.2, -0.15) is 0 Å². The average Bonchev–Trinajstić information content (AvgIpc) is 2.77. The highest BCUT2D eigenvalue weighted by Gasteiger charge is 2.13. The Hall–Kier alpha value is -1.82. The molecule has 0 saturated heterocycles. The number of rotatable bonds is 6. The minimum atomic E-state index is -2.54. The Balaban J connectivity index is 2.03. The number of fused-ring (bicyclic) bond motifs is 1. The Labute approximate surface area is 107 Å². The fourth-order valence-electron chi connectivity index (χ4n) is 1.80. The molecule has 1 aromatic carbocycles. The lowest BCUT2D eigenvalue weighted by Crippen LogP contribution is -2.09. The molecule has 102 valence electrons. The molecular weight excluding hydrogens is 259 g/mol. The zero-order valence-corrected chi connectivity index (χ0v) is 9.96. The van der Waals surface area contributed by atoms with Crippen molar-refractivity contribution in [3.8, 4) is 0 Å². The molecule has 0 aliphatic heterocycles. The van der Waals surface area contributed by atoms with Gasteiger partial charge in [0.25, 0.3) is 6.43 Å². The van der Waals surface area contributed by atoms with E-state index in [9.17, 15) is 18.0 Å². The van der Waals surface area contributed by atoms with Crippen LogP contribution in [0.5, 0.6) is 0 Å². The number of Topliss-reactive ketones (excluding diaryl/α,β-unsaturated/α-hetero) is 1. The summed E-state index contributed by atoms with van der Waals surface area (Å²) in [6.45, 7) is -0.763. The second-order valence-electron chi connectivity index (χ2n) is 4.03. The summed E-state index contributed by atoms with van der Waals surface area (Å²) < 4.78 is 41.4. The van der Waals surface area contributed by atoms with E-state index in [1.165, 1.54) is 24.4 Å². The topological polar surface area (TPSA) is 42.1 Å². The van der Waals surface area contributed by atoms with E-state index in [2.05, 4.69) is 9.72 Å². The SMILES string of the molecule is O=C(CCOCC(F)F)c1c[nH]c2ccc(F)cc12. The predicted octanol–water partition coefficient (Wildman–Crippen LogP) is 3.16. The summed E-state index contributed by atoms with van der Waals surface area (Å²) in [7, 11) is 0. The highest BCUT2D eigenvalue weighted by molar-refractivity contribution is 6.07. The highest BCUT2D eigenvalue weighted by Crippen LogP contribution is 2.20. The first-order valence-electron chi connectivity index (χ1n) is 5.73. The van der Waals surface area contributed by atoms with Crippen LogP contribution in [0.1, 0.15) is 16.8 Å². The fourth-order valence-corrected chi connectivity index (χ4v) is 1.80. The molecule has 0 spiro atoms. The number of aromatic nitrogens is 1. The van der Waals surface area contributed by atoms with Crippen LogP contribution >= 0.6 is 0 Å². The third kappa shape index (κ3) is 3.35. The van der Waals surface area contributed by atoms with Gasteiger partial charge in [0.05, 0.1) is 6.61 Å². The number of H-pyrrole nitrogens is 1. The van der Waals surface area contributed by atoms with Gasteiger partial charge in [-0.25, -0.2) is 13.2 Å². The molecular formula is C13H12F3NO2. The molecule has 2 aromatic rings. The van der Waals surface area contributed by atoms with Crippen LogP contribution in [-0.2, 0) is 4.74 Å². The van der Waals surface area contributed by atoms with Crippen molar-refractivity contribution in [1.29, 1.82) is 0 Å². The maximum absolute atomic E-state index is 13.1. The lowest BCUT2D eigenvalue weighted by atomic mass is 10.1. The second kappa shape index (κ2) is 5.88. The van der Waals surface area contributed by atoms with Gasteiger partial charge < -0.3 is 9.72 Å². The van der Waals surface area contributed by atoms with E-state index in [0.717, 1.165) is 0 Å². The van der Waals surface area contributed by atoms with Crippen molar-refractivity contribution in [2.24, 2.45) is 0 Å². The van der Waals surface area contributed by atoms with Gasteiger partial charge in [-0.05, 0) is 18.2 Å². The quantitative estimate of drug-likeness (QED) is 0.647. The number of benzene rings is 1. The molecule has 1 aromatic heterocycles. The number of ether oxygens (including phenoxy) is 1. The van der Waals surface area contributed by atoms with Gasteiger partial charge in [0.1, 0.15) is 12.4 Å². The van der Waals surface area contributed by atoms with E-state index >= 15 is 0 Å². The van der Waals surface area contributed by atoms with Crippen molar-refractivity contribution >= 4 is 16.7 Å². The summed E-state index contributed by atoms with van der Waals surface area (Å²) in [4.78, 5) is 14.7. The molecule has 0 saturated carbocycles. The Morgan fingerprint density at radius 3 is 2.89 bits per heavy atom. The van der Waals surface area contributed by atoms with E-state index in [1.54, 1.807) is 0 Å². The number of alkyl halides is 2. The maximum atomic E-state index is 13.1. The molecule has 6 heteroatoms. The minimum Gasteiger partial charge on any atom is -0.375 e. The van der Waals surface area contributed by atoms with Crippen LogP contribution in [0.25, 0.3) is 10.9 Å². The van der Waals surface area contributed by atoms with Crippen molar-refractivity contribution in [3.63, 3.8) is 0 Å². The summed E-state index contributed by atoms with van der Waals surface area (Å²) in [5, 5.41) is 0.485. The van der Waals surface area contributed by atoms with E-state index in [1.807, 2.05) is 0 Å². The number of ketones is 1. The fraction of sp³-hybridized carbons (Fsp3) is 0.308. The molecule has 0 aliphatic carbocycles. The van der Waals surface area contributed by atoms with Crippen LogP contribution in [0.4, 0.5) is 13.2 Å². The minimum absolute atomic E-state index is 0.0177. The largest absolute Gasteiger partial charge is 0.375 e.